The SMILES string of the molecule is C[C@@H]1CN(Cc2ccc(F)cc2)[C@@H](C)CN1C(=O)COc1ccc2cc(C(=O)O)ccc2c1. The lowest BCUT2D eigenvalue weighted by atomic mass is 10.1. The first-order valence-corrected chi connectivity index (χ1v) is 11.0. The number of carboxylic acid groups (broad SMARTS) is 1. The lowest BCUT2D eigenvalue weighted by molar-refractivity contribution is -0.139. The second-order valence-electron chi connectivity index (χ2n) is 8.62. The highest BCUT2D eigenvalue weighted by molar-refractivity contribution is 5.94. The number of aromatic carboxylic acids is 1. The normalized spacial score (nSPS) is 18.9. The molecule has 4 rings (SSSR count). The number of amides is 1. The van der Waals surface area contributed by atoms with E-state index in [1.165, 1.54) is 12.1 Å². The van der Waals surface area contributed by atoms with Crippen molar-refractivity contribution in [2.45, 2.75) is 32.5 Å². The van der Waals surface area contributed by atoms with Crippen LogP contribution in [0.1, 0.15) is 29.8 Å². The molecule has 1 heterocycles. The van der Waals surface area contributed by atoms with Crippen molar-refractivity contribution in [1.82, 2.24) is 9.80 Å². The molecule has 1 aliphatic rings. The van der Waals surface area contributed by atoms with Gasteiger partial charge >= 0.3 is 5.97 Å². The van der Waals surface area contributed by atoms with E-state index >= 15 is 0 Å². The molecule has 0 spiro atoms. The maximum absolute atomic E-state index is 13.2. The van der Waals surface area contributed by atoms with Crippen molar-refractivity contribution in [3.05, 3.63) is 77.6 Å². The highest BCUT2D eigenvalue weighted by atomic mass is 19.1. The average Bonchev–Trinajstić information content (AvgIpc) is 2.80. The van der Waals surface area contributed by atoms with Gasteiger partial charge in [-0.25, -0.2) is 9.18 Å². The minimum Gasteiger partial charge on any atom is -0.484 e. The Labute approximate surface area is 192 Å². The average molecular weight is 451 g/mol. The number of carbonyl (C=O) groups excluding carboxylic acids is 1. The third kappa shape index (κ3) is 5.31. The zero-order chi connectivity index (χ0) is 23.5. The highest BCUT2D eigenvalue weighted by Gasteiger charge is 2.32. The number of hydrogen-bond donors (Lipinski definition) is 1. The second kappa shape index (κ2) is 9.58. The van der Waals surface area contributed by atoms with Gasteiger partial charge in [-0.2, -0.15) is 0 Å². The summed E-state index contributed by atoms with van der Waals surface area (Å²) in [5.41, 5.74) is 1.28. The summed E-state index contributed by atoms with van der Waals surface area (Å²) in [4.78, 5) is 28.2. The molecule has 7 heteroatoms. The molecule has 1 fully saturated rings. The lowest BCUT2D eigenvalue weighted by Crippen LogP contribution is -2.58. The summed E-state index contributed by atoms with van der Waals surface area (Å²) in [5.74, 6) is -0.720. The van der Waals surface area contributed by atoms with Crippen molar-refractivity contribution >= 4 is 22.6 Å². The molecular formula is C26H27FN2O4. The number of carbonyl (C=O) groups is 2. The van der Waals surface area contributed by atoms with Gasteiger partial charge in [0.25, 0.3) is 5.91 Å². The monoisotopic (exact) mass is 450 g/mol. The van der Waals surface area contributed by atoms with Gasteiger partial charge in [-0.15, -0.1) is 0 Å². The van der Waals surface area contributed by atoms with Crippen LogP contribution in [0.5, 0.6) is 5.75 Å². The van der Waals surface area contributed by atoms with Crippen molar-refractivity contribution in [3.63, 3.8) is 0 Å². The van der Waals surface area contributed by atoms with E-state index in [1.807, 2.05) is 11.8 Å². The zero-order valence-electron chi connectivity index (χ0n) is 18.7. The molecule has 0 unspecified atom stereocenters. The number of hydrogen-bond acceptors (Lipinski definition) is 4. The maximum atomic E-state index is 13.2. The van der Waals surface area contributed by atoms with Crippen LogP contribution in [0, 0.1) is 5.82 Å². The van der Waals surface area contributed by atoms with Gasteiger partial charge in [0.15, 0.2) is 6.61 Å². The summed E-state index contributed by atoms with van der Waals surface area (Å²) in [6, 6.07) is 17.0. The Kier molecular flexibility index (Phi) is 6.60. The van der Waals surface area contributed by atoms with Crippen LogP contribution in [0.15, 0.2) is 60.7 Å². The van der Waals surface area contributed by atoms with Crippen molar-refractivity contribution in [1.29, 1.82) is 0 Å². The molecule has 1 N–H and O–H groups in total. The van der Waals surface area contributed by atoms with Crippen molar-refractivity contribution in [2.75, 3.05) is 19.7 Å². The van der Waals surface area contributed by atoms with E-state index in [2.05, 4.69) is 11.8 Å². The van der Waals surface area contributed by atoms with Crippen LogP contribution in [0.2, 0.25) is 0 Å². The quantitative estimate of drug-likeness (QED) is 0.610. The van der Waals surface area contributed by atoms with E-state index in [4.69, 9.17) is 9.84 Å². The fraction of sp³-hybridized carbons (Fsp3) is 0.308. The predicted molar refractivity (Wildman–Crippen MR) is 124 cm³/mol. The molecule has 6 nitrogen and oxygen atoms in total. The topological polar surface area (TPSA) is 70.1 Å². The number of ether oxygens (including phenoxy) is 1. The summed E-state index contributed by atoms with van der Waals surface area (Å²) in [6.45, 7) is 6.09. The number of fused-ring (bicyclic) bond motifs is 1. The van der Waals surface area contributed by atoms with Crippen LogP contribution in [-0.4, -0.2) is 58.6 Å². The third-order valence-corrected chi connectivity index (χ3v) is 6.16. The van der Waals surface area contributed by atoms with Gasteiger partial charge in [-0.05, 0) is 66.6 Å². The zero-order valence-corrected chi connectivity index (χ0v) is 18.7. The van der Waals surface area contributed by atoms with Gasteiger partial charge in [-0.1, -0.05) is 24.3 Å². The molecule has 3 aromatic carbocycles. The minimum atomic E-state index is -0.969. The number of nitrogens with zero attached hydrogens (tertiary/aromatic N) is 2. The minimum absolute atomic E-state index is 0.0313. The van der Waals surface area contributed by atoms with Crippen molar-refractivity contribution in [3.8, 4) is 5.75 Å². The van der Waals surface area contributed by atoms with E-state index in [0.717, 1.165) is 22.9 Å². The van der Waals surface area contributed by atoms with Crippen LogP contribution >= 0.6 is 0 Å². The van der Waals surface area contributed by atoms with Gasteiger partial charge in [0.2, 0.25) is 0 Å². The van der Waals surface area contributed by atoms with Crippen LogP contribution in [0.3, 0.4) is 0 Å². The molecule has 2 atom stereocenters. The van der Waals surface area contributed by atoms with Crippen LogP contribution < -0.4 is 4.74 Å². The van der Waals surface area contributed by atoms with Crippen molar-refractivity contribution in [2.24, 2.45) is 0 Å². The van der Waals surface area contributed by atoms with E-state index in [1.54, 1.807) is 48.5 Å². The van der Waals surface area contributed by atoms with Gasteiger partial charge in [-0.3, -0.25) is 9.69 Å². The van der Waals surface area contributed by atoms with Crippen LogP contribution in [-0.2, 0) is 11.3 Å². The summed E-state index contributed by atoms with van der Waals surface area (Å²) >= 11 is 0. The number of rotatable bonds is 6. The molecule has 33 heavy (non-hydrogen) atoms. The summed E-state index contributed by atoms with van der Waals surface area (Å²) < 4.78 is 18.9. The maximum Gasteiger partial charge on any atom is 0.335 e. The summed E-state index contributed by atoms with van der Waals surface area (Å²) in [7, 11) is 0. The highest BCUT2D eigenvalue weighted by Crippen LogP contribution is 2.23. The first kappa shape index (κ1) is 22.7. The van der Waals surface area contributed by atoms with Crippen molar-refractivity contribution < 1.29 is 23.8 Å². The summed E-state index contributed by atoms with van der Waals surface area (Å²) in [5, 5.41) is 10.8. The molecule has 1 aliphatic heterocycles. The molecule has 0 aromatic heterocycles. The number of carboxylic acids is 1. The Balaban J connectivity index is 1.35. The molecule has 172 valence electrons. The molecular weight excluding hydrogens is 423 g/mol. The standard InChI is InChI=1S/C26H27FN2O4/c1-17-14-29(18(2)13-28(17)15-19-3-8-23(27)9-4-19)25(30)16-33-24-10-7-20-11-22(26(31)32)6-5-21(20)12-24/h3-12,17-18H,13-16H2,1-2H3,(H,31,32)/t17-,18+/m0/s1. The van der Waals surface area contributed by atoms with E-state index in [-0.39, 0.29) is 36.0 Å². The molecule has 0 radical (unpaired) electrons. The number of benzene rings is 3. The Morgan fingerprint density at radius 1 is 0.970 bits per heavy atom. The third-order valence-electron chi connectivity index (χ3n) is 6.16. The molecule has 3 aromatic rings. The molecule has 1 saturated heterocycles. The first-order chi connectivity index (χ1) is 15.8. The predicted octanol–water partition coefficient (Wildman–Crippen LogP) is 4.18. The van der Waals surface area contributed by atoms with Crippen LogP contribution in [0.4, 0.5) is 4.39 Å². The van der Waals surface area contributed by atoms with E-state index in [9.17, 15) is 14.0 Å². The molecule has 0 bridgehead atoms. The smallest absolute Gasteiger partial charge is 0.335 e. The number of halogens is 1. The molecule has 0 saturated carbocycles. The van der Waals surface area contributed by atoms with Gasteiger partial charge < -0.3 is 14.7 Å². The fourth-order valence-corrected chi connectivity index (χ4v) is 4.26. The summed E-state index contributed by atoms with van der Waals surface area (Å²) in [6.07, 6.45) is 0. The van der Waals surface area contributed by atoms with Gasteiger partial charge in [0.1, 0.15) is 11.6 Å². The Morgan fingerprint density at radius 2 is 1.67 bits per heavy atom. The molecule has 0 aliphatic carbocycles. The van der Waals surface area contributed by atoms with Gasteiger partial charge in [0.05, 0.1) is 5.56 Å². The fourth-order valence-electron chi connectivity index (χ4n) is 4.26. The largest absolute Gasteiger partial charge is 0.484 e. The van der Waals surface area contributed by atoms with E-state index in [0.29, 0.717) is 18.8 Å². The number of piperazine rings is 1. The van der Waals surface area contributed by atoms with E-state index < -0.39 is 5.97 Å². The lowest BCUT2D eigenvalue weighted by Gasteiger charge is -2.44. The second-order valence-corrected chi connectivity index (χ2v) is 8.62. The van der Waals surface area contributed by atoms with Crippen LogP contribution in [0.25, 0.3) is 10.8 Å². The Bertz CT molecular complexity index is 1160. The molecule has 1 amide bonds. The first-order valence-electron chi connectivity index (χ1n) is 11.0. The van der Waals surface area contributed by atoms with Gasteiger partial charge in [0, 0.05) is 31.7 Å². The Hall–Kier alpha value is -3.45. The Morgan fingerprint density at radius 3 is 2.39 bits per heavy atom.